The van der Waals surface area contributed by atoms with Gasteiger partial charge in [-0.1, -0.05) is 42.5 Å². The Morgan fingerprint density at radius 1 is 0.929 bits per heavy atom. The first-order valence-corrected chi connectivity index (χ1v) is 9.00. The maximum absolute atomic E-state index is 12.8. The molecule has 28 heavy (non-hydrogen) atoms. The smallest absolute Gasteiger partial charge is 0.349 e. The fourth-order valence-corrected chi connectivity index (χ4v) is 3.68. The Kier molecular flexibility index (Phi) is 3.62. The van der Waals surface area contributed by atoms with Crippen molar-refractivity contribution >= 4 is 44.5 Å². The number of nitrogens with zero attached hydrogens (tertiary/aromatic N) is 2. The molecular formula is C23H16N2O3. The number of aliphatic imine (C=N–C) groups is 2. The van der Waals surface area contributed by atoms with Gasteiger partial charge in [0.25, 0.3) is 0 Å². The molecule has 4 aromatic rings. The Balaban J connectivity index is 1.85. The first-order chi connectivity index (χ1) is 13.6. The van der Waals surface area contributed by atoms with Crippen molar-refractivity contribution in [3.63, 3.8) is 0 Å². The predicted molar refractivity (Wildman–Crippen MR) is 112 cm³/mol. The lowest BCUT2D eigenvalue weighted by molar-refractivity contribution is 0.466. The summed E-state index contributed by atoms with van der Waals surface area (Å²) in [7, 11) is 0. The fourth-order valence-electron chi connectivity index (χ4n) is 3.68. The highest BCUT2D eigenvalue weighted by molar-refractivity contribution is 6.19. The third-order valence-corrected chi connectivity index (χ3v) is 4.93. The highest BCUT2D eigenvalue weighted by Gasteiger charge is 2.23. The first-order valence-electron chi connectivity index (χ1n) is 9.00. The summed E-state index contributed by atoms with van der Waals surface area (Å²) in [6, 6.07) is 18.7. The van der Waals surface area contributed by atoms with E-state index in [1.54, 1.807) is 6.07 Å². The van der Waals surface area contributed by atoms with E-state index in [2.05, 4.69) is 9.98 Å². The number of aromatic hydroxyl groups is 1. The van der Waals surface area contributed by atoms with Gasteiger partial charge < -0.3 is 9.52 Å². The van der Waals surface area contributed by atoms with Gasteiger partial charge in [0.1, 0.15) is 16.9 Å². The van der Waals surface area contributed by atoms with Gasteiger partial charge in [-0.2, -0.15) is 0 Å². The molecule has 1 aliphatic rings. The van der Waals surface area contributed by atoms with Gasteiger partial charge >= 0.3 is 5.63 Å². The van der Waals surface area contributed by atoms with Gasteiger partial charge in [0, 0.05) is 12.1 Å². The van der Waals surface area contributed by atoms with Crippen LogP contribution in [0.2, 0.25) is 0 Å². The molecule has 0 atom stereocenters. The van der Waals surface area contributed by atoms with Crippen molar-refractivity contribution in [1.82, 2.24) is 0 Å². The summed E-state index contributed by atoms with van der Waals surface area (Å²) in [6.07, 6.45) is 0.350. The molecule has 0 fully saturated rings. The molecule has 3 aromatic carbocycles. The summed E-state index contributed by atoms with van der Waals surface area (Å²) in [5.41, 5.74) is 2.50. The summed E-state index contributed by atoms with van der Waals surface area (Å²) >= 11 is 0. The third kappa shape index (κ3) is 2.52. The van der Waals surface area contributed by atoms with Gasteiger partial charge in [0.2, 0.25) is 0 Å². The molecule has 0 unspecified atom stereocenters. The lowest BCUT2D eigenvalue weighted by Crippen LogP contribution is -2.17. The molecule has 0 radical (unpaired) electrons. The third-order valence-electron chi connectivity index (χ3n) is 4.93. The van der Waals surface area contributed by atoms with E-state index in [0.717, 1.165) is 22.2 Å². The minimum absolute atomic E-state index is 0.0927. The maximum Gasteiger partial charge on any atom is 0.349 e. The Hall–Kier alpha value is -3.73. The molecule has 5 nitrogen and oxygen atoms in total. The summed E-state index contributed by atoms with van der Waals surface area (Å²) in [5, 5.41) is 13.4. The van der Waals surface area contributed by atoms with Gasteiger partial charge in [0.15, 0.2) is 0 Å². The zero-order valence-corrected chi connectivity index (χ0v) is 15.1. The van der Waals surface area contributed by atoms with Crippen LogP contribution in [-0.4, -0.2) is 16.5 Å². The Bertz CT molecular complexity index is 1380. The number of para-hydroxylation sites is 2. The van der Waals surface area contributed by atoms with Gasteiger partial charge in [-0.3, -0.25) is 4.99 Å². The average Bonchev–Trinajstić information content (AvgIpc) is 2.85. The van der Waals surface area contributed by atoms with Crippen LogP contribution in [0.3, 0.4) is 0 Å². The first kappa shape index (κ1) is 16.4. The molecule has 1 aromatic heterocycles. The van der Waals surface area contributed by atoms with Crippen LogP contribution in [-0.2, 0) is 0 Å². The zero-order valence-electron chi connectivity index (χ0n) is 15.1. The van der Waals surface area contributed by atoms with E-state index in [-0.39, 0.29) is 11.3 Å². The van der Waals surface area contributed by atoms with Crippen LogP contribution in [0.25, 0.3) is 21.7 Å². The van der Waals surface area contributed by atoms with Gasteiger partial charge in [-0.25, -0.2) is 9.79 Å². The van der Waals surface area contributed by atoms with Crippen LogP contribution in [0.1, 0.15) is 18.9 Å². The molecule has 0 saturated carbocycles. The Labute approximate surface area is 160 Å². The van der Waals surface area contributed by atoms with Crippen molar-refractivity contribution in [3.05, 3.63) is 76.6 Å². The van der Waals surface area contributed by atoms with Crippen molar-refractivity contribution in [3.8, 4) is 5.75 Å². The molecule has 5 rings (SSSR count). The number of benzene rings is 3. The topological polar surface area (TPSA) is 75.2 Å². The van der Waals surface area contributed by atoms with E-state index in [9.17, 15) is 9.90 Å². The second-order valence-corrected chi connectivity index (χ2v) is 6.84. The lowest BCUT2D eigenvalue weighted by Gasteiger charge is -2.10. The second kappa shape index (κ2) is 6.16. The van der Waals surface area contributed by atoms with Gasteiger partial charge in [-0.15, -0.1) is 0 Å². The fraction of sp³-hybridized carbons (Fsp3) is 0.0870. The molecule has 1 N–H and O–H groups in total. The van der Waals surface area contributed by atoms with Crippen LogP contribution in [0.5, 0.6) is 5.75 Å². The average molecular weight is 368 g/mol. The molecule has 0 bridgehead atoms. The van der Waals surface area contributed by atoms with Crippen LogP contribution in [0.15, 0.2) is 79.9 Å². The number of hydrogen-bond donors (Lipinski definition) is 1. The van der Waals surface area contributed by atoms with E-state index >= 15 is 0 Å². The van der Waals surface area contributed by atoms with Crippen molar-refractivity contribution in [2.75, 3.05) is 0 Å². The number of rotatable bonds is 1. The van der Waals surface area contributed by atoms with Gasteiger partial charge in [0.05, 0.1) is 22.5 Å². The van der Waals surface area contributed by atoms with Crippen molar-refractivity contribution in [2.45, 2.75) is 13.3 Å². The van der Waals surface area contributed by atoms with E-state index in [0.29, 0.717) is 28.8 Å². The highest BCUT2D eigenvalue weighted by atomic mass is 16.4. The summed E-state index contributed by atoms with van der Waals surface area (Å²) in [4.78, 5) is 22.0. The molecule has 0 spiro atoms. The minimum atomic E-state index is -0.605. The largest absolute Gasteiger partial charge is 0.506 e. The van der Waals surface area contributed by atoms with E-state index < -0.39 is 5.63 Å². The molecule has 1 aliphatic heterocycles. The standard InChI is InChI=1S/C23H16N2O3/c1-13-12-18(25-17-9-5-4-8-16(17)24-13)21-22(26)20-15-7-3-2-6-14(15)10-11-19(20)28-23(21)27/h2-11,26H,12H2,1H3. The molecule has 2 heterocycles. The normalized spacial score (nSPS) is 13.8. The summed E-state index contributed by atoms with van der Waals surface area (Å²) < 4.78 is 5.56. The number of hydrogen-bond acceptors (Lipinski definition) is 5. The Morgan fingerprint density at radius 2 is 1.64 bits per heavy atom. The van der Waals surface area contributed by atoms with Crippen molar-refractivity contribution < 1.29 is 9.52 Å². The van der Waals surface area contributed by atoms with Crippen LogP contribution >= 0.6 is 0 Å². The second-order valence-electron chi connectivity index (χ2n) is 6.84. The molecule has 0 aliphatic carbocycles. The lowest BCUT2D eigenvalue weighted by atomic mass is 10.00. The summed E-state index contributed by atoms with van der Waals surface area (Å²) in [5.74, 6) is -0.103. The SMILES string of the molecule is CC1=Nc2ccccc2N=C(c2c(O)c3c(ccc4ccccc43)oc2=O)C1. The summed E-state index contributed by atoms with van der Waals surface area (Å²) in [6.45, 7) is 1.88. The van der Waals surface area contributed by atoms with E-state index in [1.165, 1.54) is 0 Å². The van der Waals surface area contributed by atoms with Gasteiger partial charge in [-0.05, 0) is 35.9 Å². The molecule has 136 valence electrons. The molecular weight excluding hydrogens is 352 g/mol. The number of fused-ring (bicyclic) bond motifs is 4. The van der Waals surface area contributed by atoms with E-state index in [1.807, 2.05) is 61.5 Å². The van der Waals surface area contributed by atoms with E-state index in [4.69, 9.17) is 4.42 Å². The zero-order chi connectivity index (χ0) is 19.3. The van der Waals surface area contributed by atoms with Crippen LogP contribution in [0, 0.1) is 0 Å². The molecule has 0 saturated heterocycles. The monoisotopic (exact) mass is 368 g/mol. The highest BCUT2D eigenvalue weighted by Crippen LogP contribution is 2.36. The Morgan fingerprint density at radius 3 is 2.46 bits per heavy atom. The van der Waals surface area contributed by atoms with Crippen molar-refractivity contribution in [2.24, 2.45) is 9.98 Å². The predicted octanol–water partition coefficient (Wildman–Crippen LogP) is 5.27. The van der Waals surface area contributed by atoms with Crippen molar-refractivity contribution in [1.29, 1.82) is 0 Å². The maximum atomic E-state index is 12.8. The van der Waals surface area contributed by atoms with Crippen LogP contribution in [0.4, 0.5) is 11.4 Å². The minimum Gasteiger partial charge on any atom is -0.506 e. The quantitative estimate of drug-likeness (QED) is 0.367. The van der Waals surface area contributed by atoms with Crippen LogP contribution < -0.4 is 5.63 Å². The molecule has 0 amide bonds. The molecule has 5 heteroatoms.